The molecule has 1 aliphatic rings. The van der Waals surface area contributed by atoms with Crippen LogP contribution in [0.15, 0.2) is 30.3 Å². The van der Waals surface area contributed by atoms with Crippen LogP contribution in [0.2, 0.25) is 0 Å². The summed E-state index contributed by atoms with van der Waals surface area (Å²) in [5, 5.41) is 2.08. The van der Waals surface area contributed by atoms with E-state index in [0.717, 1.165) is 13.3 Å². The Morgan fingerprint density at radius 2 is 2.00 bits per heavy atom. The van der Waals surface area contributed by atoms with Gasteiger partial charge in [0.1, 0.15) is 0 Å². The normalized spacial score (nSPS) is 18.6. The Morgan fingerprint density at radius 1 is 1.25 bits per heavy atom. The molecular weight excluding hydrogens is 150 g/mol. The van der Waals surface area contributed by atoms with E-state index < -0.39 is 0 Å². The molecule has 0 spiro atoms. The second kappa shape index (κ2) is 3.13. The lowest BCUT2D eigenvalue weighted by Gasteiger charge is -2.15. The summed E-state index contributed by atoms with van der Waals surface area (Å²) < 4.78 is 0. The van der Waals surface area contributed by atoms with E-state index in [-0.39, 0.29) is 0 Å². The molecule has 1 aliphatic heterocycles. The van der Waals surface area contributed by atoms with Crippen molar-refractivity contribution in [3.8, 4) is 0 Å². The smallest absolute Gasteiger partial charge is 0.0850 e. The maximum Gasteiger partial charge on any atom is 0.0850 e. The van der Waals surface area contributed by atoms with Gasteiger partial charge in [-0.1, -0.05) is 18.2 Å². The highest BCUT2D eigenvalue weighted by Crippen LogP contribution is 2.14. The van der Waals surface area contributed by atoms with Crippen LogP contribution in [0.25, 0.3) is 0 Å². The van der Waals surface area contributed by atoms with Gasteiger partial charge in [0.25, 0.3) is 0 Å². The van der Waals surface area contributed by atoms with Crippen molar-refractivity contribution in [2.45, 2.75) is 0 Å². The Kier molecular flexibility index (Phi) is 1.98. The quantitative estimate of drug-likeness (QED) is 0.662. The predicted molar refractivity (Wildman–Crippen MR) is 49.6 cm³/mol. The summed E-state index contributed by atoms with van der Waals surface area (Å²) in [4.78, 5) is 2.28. The van der Waals surface area contributed by atoms with Crippen molar-refractivity contribution >= 4 is 5.69 Å². The fourth-order valence-corrected chi connectivity index (χ4v) is 1.37. The number of anilines is 1. The second-order valence-corrected chi connectivity index (χ2v) is 3.03. The van der Waals surface area contributed by atoms with Gasteiger partial charge in [-0.3, -0.25) is 0 Å². The zero-order valence-electron chi connectivity index (χ0n) is 7.20. The summed E-state index contributed by atoms with van der Waals surface area (Å²) in [7, 11) is 2.04. The van der Waals surface area contributed by atoms with Crippen LogP contribution in [0, 0.1) is 0 Å². The molecular formula is C9H13N3. The molecule has 0 bridgehead atoms. The Bertz CT molecular complexity index is 247. The third kappa shape index (κ3) is 1.42. The molecule has 1 heterocycles. The molecule has 1 fully saturated rings. The molecule has 0 unspecified atom stereocenters. The van der Waals surface area contributed by atoms with Crippen LogP contribution < -0.4 is 10.3 Å². The third-order valence-electron chi connectivity index (χ3n) is 2.04. The van der Waals surface area contributed by atoms with Crippen molar-refractivity contribution in [3.63, 3.8) is 0 Å². The minimum Gasteiger partial charge on any atom is -0.343 e. The van der Waals surface area contributed by atoms with Gasteiger partial charge in [0.15, 0.2) is 0 Å². The summed E-state index contributed by atoms with van der Waals surface area (Å²) in [6.07, 6.45) is 0. The second-order valence-electron chi connectivity index (χ2n) is 3.03. The number of hydrogen-bond acceptors (Lipinski definition) is 3. The van der Waals surface area contributed by atoms with Crippen molar-refractivity contribution in [1.29, 1.82) is 0 Å². The van der Waals surface area contributed by atoms with E-state index >= 15 is 0 Å². The lowest BCUT2D eigenvalue weighted by molar-refractivity contribution is 0.316. The lowest BCUT2D eigenvalue weighted by atomic mass is 10.3. The number of hydrazine groups is 1. The molecule has 0 amide bonds. The third-order valence-corrected chi connectivity index (χ3v) is 2.04. The van der Waals surface area contributed by atoms with Crippen molar-refractivity contribution in [2.75, 3.05) is 25.3 Å². The molecule has 1 aromatic rings. The maximum atomic E-state index is 3.23. The first kappa shape index (κ1) is 7.58. The molecule has 0 radical (unpaired) electrons. The van der Waals surface area contributed by atoms with Crippen LogP contribution in [0.1, 0.15) is 0 Å². The van der Waals surface area contributed by atoms with E-state index in [1.54, 1.807) is 0 Å². The highest BCUT2D eigenvalue weighted by molar-refractivity contribution is 5.46. The number of benzene rings is 1. The minimum absolute atomic E-state index is 0.903. The van der Waals surface area contributed by atoms with Gasteiger partial charge >= 0.3 is 0 Å². The molecule has 0 aliphatic carbocycles. The summed E-state index contributed by atoms with van der Waals surface area (Å²) >= 11 is 0. The van der Waals surface area contributed by atoms with Crippen LogP contribution in [0.3, 0.4) is 0 Å². The van der Waals surface area contributed by atoms with Gasteiger partial charge in [-0.2, -0.15) is 0 Å². The molecule has 1 N–H and O–H groups in total. The zero-order chi connectivity index (χ0) is 8.39. The first-order valence-electron chi connectivity index (χ1n) is 4.11. The molecule has 0 atom stereocenters. The molecule has 12 heavy (non-hydrogen) atoms. The zero-order valence-corrected chi connectivity index (χ0v) is 7.20. The van der Waals surface area contributed by atoms with Crippen LogP contribution in [-0.4, -0.2) is 25.4 Å². The fraction of sp³-hybridized carbons (Fsp3) is 0.333. The summed E-state index contributed by atoms with van der Waals surface area (Å²) in [6, 6.07) is 10.4. The Hall–Kier alpha value is -1.06. The van der Waals surface area contributed by atoms with Gasteiger partial charge in [-0.25, -0.2) is 10.4 Å². The SMILES string of the molecule is CN1CN(c2ccccc2)CN1. The molecule has 64 valence electrons. The van der Waals surface area contributed by atoms with Gasteiger partial charge in [-0.15, -0.1) is 0 Å². The van der Waals surface area contributed by atoms with Gasteiger partial charge in [0.05, 0.1) is 13.3 Å². The Morgan fingerprint density at radius 3 is 2.58 bits per heavy atom. The highest BCUT2D eigenvalue weighted by atomic mass is 15.6. The van der Waals surface area contributed by atoms with E-state index in [1.807, 2.05) is 13.1 Å². The van der Waals surface area contributed by atoms with Gasteiger partial charge in [-0.05, 0) is 12.1 Å². The first-order valence-corrected chi connectivity index (χ1v) is 4.11. The number of para-hydroxylation sites is 1. The van der Waals surface area contributed by atoms with Crippen molar-refractivity contribution in [2.24, 2.45) is 0 Å². The van der Waals surface area contributed by atoms with Crippen LogP contribution >= 0.6 is 0 Å². The summed E-state index contributed by atoms with van der Waals surface area (Å²) in [5.41, 5.74) is 4.50. The molecule has 3 heteroatoms. The van der Waals surface area contributed by atoms with Gasteiger partial charge in [0, 0.05) is 12.7 Å². The Labute approximate surface area is 72.6 Å². The van der Waals surface area contributed by atoms with E-state index in [4.69, 9.17) is 0 Å². The Balaban J connectivity index is 2.11. The van der Waals surface area contributed by atoms with E-state index in [1.165, 1.54) is 5.69 Å². The number of hydrogen-bond donors (Lipinski definition) is 1. The topological polar surface area (TPSA) is 18.5 Å². The average Bonchev–Trinajstić information content (AvgIpc) is 2.54. The van der Waals surface area contributed by atoms with E-state index in [2.05, 4.69) is 39.6 Å². The van der Waals surface area contributed by atoms with Crippen LogP contribution in [-0.2, 0) is 0 Å². The number of rotatable bonds is 1. The van der Waals surface area contributed by atoms with Crippen molar-refractivity contribution in [1.82, 2.24) is 10.4 Å². The minimum atomic E-state index is 0.903. The molecule has 2 rings (SSSR count). The average molecular weight is 163 g/mol. The van der Waals surface area contributed by atoms with Crippen LogP contribution in [0.5, 0.6) is 0 Å². The standard InChI is InChI=1S/C9H13N3/c1-11-8-12(7-10-11)9-5-3-2-4-6-9/h2-6,10H,7-8H2,1H3. The monoisotopic (exact) mass is 163 g/mol. The van der Waals surface area contributed by atoms with E-state index in [0.29, 0.717) is 0 Å². The van der Waals surface area contributed by atoms with E-state index in [9.17, 15) is 0 Å². The van der Waals surface area contributed by atoms with Crippen molar-refractivity contribution < 1.29 is 0 Å². The van der Waals surface area contributed by atoms with Crippen molar-refractivity contribution in [3.05, 3.63) is 30.3 Å². The molecule has 1 aromatic carbocycles. The highest BCUT2D eigenvalue weighted by Gasteiger charge is 2.14. The lowest BCUT2D eigenvalue weighted by Crippen LogP contribution is -2.25. The molecule has 0 saturated carbocycles. The maximum absolute atomic E-state index is 3.23. The number of nitrogens with zero attached hydrogens (tertiary/aromatic N) is 2. The van der Waals surface area contributed by atoms with Gasteiger partial charge < -0.3 is 4.90 Å². The molecule has 1 saturated heterocycles. The fourth-order valence-electron chi connectivity index (χ4n) is 1.37. The van der Waals surface area contributed by atoms with Gasteiger partial charge in [0.2, 0.25) is 0 Å². The molecule has 3 nitrogen and oxygen atoms in total. The largest absolute Gasteiger partial charge is 0.343 e. The first-order chi connectivity index (χ1) is 5.86. The number of nitrogens with one attached hydrogen (secondary N) is 1. The summed E-state index contributed by atoms with van der Waals surface area (Å²) in [6.45, 7) is 1.85. The predicted octanol–water partition coefficient (Wildman–Crippen LogP) is 0.858. The summed E-state index contributed by atoms with van der Waals surface area (Å²) in [5.74, 6) is 0. The van der Waals surface area contributed by atoms with Crippen LogP contribution in [0.4, 0.5) is 5.69 Å². The molecule has 0 aromatic heterocycles.